The van der Waals surface area contributed by atoms with E-state index in [-0.39, 0.29) is 11.2 Å². The lowest BCUT2D eigenvalue weighted by molar-refractivity contribution is 0.00578. The fourth-order valence-electron chi connectivity index (χ4n) is 7.87. The van der Waals surface area contributed by atoms with Gasteiger partial charge >= 0.3 is 7.12 Å². The molecule has 0 aromatic heterocycles. The first-order valence-corrected chi connectivity index (χ1v) is 14.6. The van der Waals surface area contributed by atoms with E-state index in [4.69, 9.17) is 9.31 Å². The van der Waals surface area contributed by atoms with Gasteiger partial charge in [0.05, 0.1) is 11.2 Å². The van der Waals surface area contributed by atoms with Gasteiger partial charge in [-0.25, -0.2) is 0 Å². The molecule has 3 heteroatoms. The van der Waals surface area contributed by atoms with Crippen LogP contribution < -0.4 is 5.46 Å². The summed E-state index contributed by atoms with van der Waals surface area (Å²) in [5.74, 6) is 1.85. The van der Waals surface area contributed by atoms with Gasteiger partial charge in [-0.1, -0.05) is 92.6 Å². The summed E-state index contributed by atoms with van der Waals surface area (Å²) in [5.41, 5.74) is 4.78. The summed E-state index contributed by atoms with van der Waals surface area (Å²) in [4.78, 5) is 0. The van der Waals surface area contributed by atoms with Crippen LogP contribution in [-0.2, 0) is 14.7 Å². The summed E-state index contributed by atoms with van der Waals surface area (Å²) in [5, 5.41) is 4.93. The summed E-state index contributed by atoms with van der Waals surface area (Å²) in [6, 6.07) is 27.2. The van der Waals surface area contributed by atoms with Gasteiger partial charge < -0.3 is 9.31 Å². The summed E-state index contributed by atoms with van der Waals surface area (Å²) in [6.07, 6.45) is 7.02. The molecule has 0 N–H and O–H groups in total. The molecule has 1 aliphatic heterocycles. The summed E-state index contributed by atoms with van der Waals surface area (Å²) in [6.45, 7) is 11.0. The molecule has 4 aromatic rings. The zero-order valence-electron chi connectivity index (χ0n) is 23.5. The van der Waals surface area contributed by atoms with Gasteiger partial charge in [-0.3, -0.25) is 0 Å². The lowest BCUT2D eigenvalue weighted by atomic mass is 9.66. The van der Waals surface area contributed by atoms with Gasteiger partial charge in [0.1, 0.15) is 0 Å². The smallest absolute Gasteiger partial charge is 0.399 e. The van der Waals surface area contributed by atoms with Gasteiger partial charge in [0.15, 0.2) is 0 Å². The molecule has 2 unspecified atom stereocenters. The van der Waals surface area contributed by atoms with Crippen LogP contribution in [0.2, 0.25) is 0 Å². The summed E-state index contributed by atoms with van der Waals surface area (Å²) in [7, 11) is -0.409. The van der Waals surface area contributed by atoms with Crippen LogP contribution in [0.15, 0.2) is 72.8 Å². The Bertz CT molecular complexity index is 1450. The molecule has 3 aliphatic rings. The Hall–Kier alpha value is -2.62. The Morgan fingerprint density at radius 3 is 1.61 bits per heavy atom. The fourth-order valence-corrected chi connectivity index (χ4v) is 7.87. The second-order valence-corrected chi connectivity index (χ2v) is 13.6. The highest BCUT2D eigenvalue weighted by Gasteiger charge is 2.52. The van der Waals surface area contributed by atoms with E-state index in [0.717, 1.165) is 17.3 Å². The minimum Gasteiger partial charge on any atom is -0.399 e. The molecular formula is C35H39BO2. The molecular weight excluding hydrogens is 463 g/mol. The Balaban J connectivity index is 1.38. The van der Waals surface area contributed by atoms with Crippen LogP contribution >= 0.6 is 0 Å². The largest absolute Gasteiger partial charge is 0.496 e. The van der Waals surface area contributed by atoms with Crippen molar-refractivity contribution in [3.63, 3.8) is 0 Å². The van der Waals surface area contributed by atoms with Gasteiger partial charge in [0.25, 0.3) is 0 Å². The first-order valence-electron chi connectivity index (χ1n) is 14.6. The van der Waals surface area contributed by atoms with Gasteiger partial charge in [-0.2, -0.15) is 0 Å². The Morgan fingerprint density at radius 1 is 0.632 bits per heavy atom. The zero-order valence-corrected chi connectivity index (χ0v) is 23.5. The minimum absolute atomic E-state index is 0.313. The van der Waals surface area contributed by atoms with Crippen molar-refractivity contribution in [2.24, 2.45) is 11.8 Å². The van der Waals surface area contributed by atoms with E-state index in [1.165, 1.54) is 70.3 Å². The highest BCUT2D eigenvalue weighted by Crippen LogP contribution is 2.52. The Morgan fingerprint density at radius 2 is 1.11 bits per heavy atom. The van der Waals surface area contributed by atoms with Crippen LogP contribution in [-0.4, -0.2) is 18.3 Å². The van der Waals surface area contributed by atoms with E-state index in [9.17, 15) is 0 Å². The van der Waals surface area contributed by atoms with Crippen LogP contribution in [0.1, 0.15) is 72.3 Å². The highest BCUT2D eigenvalue weighted by atomic mass is 16.7. The van der Waals surface area contributed by atoms with Gasteiger partial charge in [0.2, 0.25) is 0 Å². The maximum Gasteiger partial charge on any atom is 0.496 e. The van der Waals surface area contributed by atoms with Gasteiger partial charge in [0, 0.05) is 0 Å². The fraction of sp³-hybridized carbons (Fsp3) is 0.429. The van der Waals surface area contributed by atoms with Crippen LogP contribution in [0, 0.1) is 11.8 Å². The Kier molecular flexibility index (Phi) is 5.43. The number of benzene rings is 4. The third kappa shape index (κ3) is 3.69. The van der Waals surface area contributed by atoms with E-state index >= 15 is 0 Å². The highest BCUT2D eigenvalue weighted by molar-refractivity contribution is 6.68. The molecule has 2 aliphatic carbocycles. The van der Waals surface area contributed by atoms with Gasteiger partial charge in [-0.05, 0) is 108 Å². The average Bonchev–Trinajstić information content (AvgIpc) is 3.35. The molecule has 2 bridgehead atoms. The second kappa shape index (κ2) is 8.44. The monoisotopic (exact) mass is 502 g/mol. The van der Waals surface area contributed by atoms with Crippen molar-refractivity contribution < 1.29 is 9.31 Å². The number of rotatable bonds is 3. The zero-order chi connectivity index (χ0) is 26.3. The average molecular weight is 503 g/mol. The summed E-state index contributed by atoms with van der Waals surface area (Å²) >= 11 is 0. The normalized spacial score (nSPS) is 27.9. The van der Waals surface area contributed by atoms with Gasteiger partial charge in [-0.15, -0.1) is 0 Å². The molecule has 38 heavy (non-hydrogen) atoms. The molecule has 194 valence electrons. The predicted octanol–water partition coefficient (Wildman–Crippen LogP) is 8.43. The number of fused-ring (bicyclic) bond motifs is 4. The molecule has 7 rings (SSSR count). The third-order valence-corrected chi connectivity index (χ3v) is 10.5. The van der Waals surface area contributed by atoms with Crippen molar-refractivity contribution >= 4 is 34.1 Å². The van der Waals surface area contributed by atoms with Crippen molar-refractivity contribution in [3.05, 3.63) is 78.4 Å². The number of hydrogen-bond acceptors (Lipinski definition) is 2. The second-order valence-electron chi connectivity index (χ2n) is 13.6. The minimum atomic E-state index is -0.409. The molecule has 4 aromatic carbocycles. The molecule has 2 saturated carbocycles. The third-order valence-electron chi connectivity index (χ3n) is 10.5. The van der Waals surface area contributed by atoms with Crippen molar-refractivity contribution in [1.82, 2.24) is 0 Å². The van der Waals surface area contributed by atoms with E-state index in [1.54, 1.807) is 0 Å². The van der Waals surface area contributed by atoms with E-state index < -0.39 is 7.12 Å². The van der Waals surface area contributed by atoms with Crippen molar-refractivity contribution in [1.29, 1.82) is 0 Å². The lowest BCUT2D eigenvalue weighted by Crippen LogP contribution is -2.41. The Labute approximate surface area is 227 Å². The number of hydrogen-bond donors (Lipinski definition) is 0. The lowest BCUT2D eigenvalue weighted by Gasteiger charge is -2.38. The van der Waals surface area contributed by atoms with Crippen molar-refractivity contribution in [2.75, 3.05) is 0 Å². The van der Waals surface area contributed by atoms with E-state index in [0.29, 0.717) is 5.41 Å². The molecule has 2 nitrogen and oxygen atoms in total. The standard InChI is InChI=1S/C35H39BO2/c1-33(2)34(3,4)38-36(37-33)32-29-12-8-6-10-27(29)31(28-11-7-9-13-30(28)32)25-16-18-26(19-17-25)35(5)21-23-14-15-24(20-23)22-35/h6-13,16-19,23-24H,14-15,20-22H2,1-5H3/t23-,24?,35?/m0/s1. The van der Waals surface area contributed by atoms with E-state index in [2.05, 4.69) is 107 Å². The quantitative estimate of drug-likeness (QED) is 0.207. The van der Waals surface area contributed by atoms with Crippen LogP contribution in [0.3, 0.4) is 0 Å². The molecule has 0 spiro atoms. The maximum atomic E-state index is 6.61. The maximum absolute atomic E-state index is 6.61. The first-order chi connectivity index (χ1) is 18.2. The van der Waals surface area contributed by atoms with Crippen molar-refractivity contribution in [3.8, 4) is 11.1 Å². The topological polar surface area (TPSA) is 18.5 Å². The van der Waals surface area contributed by atoms with Crippen molar-refractivity contribution in [2.45, 2.75) is 83.3 Å². The molecule has 0 amide bonds. The van der Waals surface area contributed by atoms with Crippen LogP contribution in [0.4, 0.5) is 0 Å². The van der Waals surface area contributed by atoms with E-state index in [1.807, 2.05) is 0 Å². The first kappa shape index (κ1) is 24.4. The molecule has 0 radical (unpaired) electrons. The molecule has 3 atom stereocenters. The SMILES string of the molecule is CC1(c2ccc(-c3c4ccccc4c(B4OC(C)(C)C(C)(C)O4)c4ccccc34)cc2)CC2CC[C@@H](C2)C1. The van der Waals surface area contributed by atoms with Crippen LogP contribution in [0.5, 0.6) is 0 Å². The summed E-state index contributed by atoms with van der Waals surface area (Å²) < 4.78 is 13.2. The molecule has 1 saturated heterocycles. The molecule has 1 heterocycles. The van der Waals surface area contributed by atoms with Crippen LogP contribution in [0.25, 0.3) is 32.7 Å². The predicted molar refractivity (Wildman–Crippen MR) is 160 cm³/mol. The molecule has 3 fully saturated rings.